The standard InChI is InChI=1S/C22H23N7O2S/c1-2-3-8-21-23-13-19(28(21)14-17-6-4-5-7-20(17)29(30)31)12-18(22-24-26-27-25-22)11-16-9-10-32-15-16/h4-7,9-10,12-13,15H,2-3,8,11,14H2,1H3,(H,24,25,26,27)/b18-12-. The Morgan fingerprint density at radius 2 is 2.19 bits per heavy atom. The summed E-state index contributed by atoms with van der Waals surface area (Å²) in [6, 6.07) is 8.90. The number of H-pyrrole nitrogens is 1. The van der Waals surface area contributed by atoms with Crippen molar-refractivity contribution in [2.45, 2.75) is 39.2 Å². The van der Waals surface area contributed by atoms with Crippen molar-refractivity contribution in [2.24, 2.45) is 0 Å². The van der Waals surface area contributed by atoms with Crippen LogP contribution in [0.1, 0.15) is 48.2 Å². The molecule has 9 nitrogen and oxygen atoms in total. The number of para-hydroxylation sites is 1. The fourth-order valence-corrected chi connectivity index (χ4v) is 4.21. The highest BCUT2D eigenvalue weighted by Crippen LogP contribution is 2.25. The van der Waals surface area contributed by atoms with Gasteiger partial charge < -0.3 is 4.57 Å². The van der Waals surface area contributed by atoms with Gasteiger partial charge in [0.25, 0.3) is 5.69 Å². The maximum absolute atomic E-state index is 11.5. The van der Waals surface area contributed by atoms with Gasteiger partial charge in [-0.1, -0.05) is 31.5 Å². The number of rotatable bonds is 10. The van der Waals surface area contributed by atoms with Crippen LogP contribution in [-0.4, -0.2) is 35.1 Å². The minimum atomic E-state index is -0.338. The van der Waals surface area contributed by atoms with Crippen LogP contribution in [0.25, 0.3) is 11.6 Å². The molecule has 1 N–H and O–H groups in total. The number of hydrogen-bond donors (Lipinski definition) is 1. The van der Waals surface area contributed by atoms with Crippen LogP contribution >= 0.6 is 11.3 Å². The predicted octanol–water partition coefficient (Wildman–Crippen LogP) is 4.54. The molecule has 3 heterocycles. The zero-order valence-corrected chi connectivity index (χ0v) is 18.5. The Morgan fingerprint density at radius 1 is 1.31 bits per heavy atom. The maximum Gasteiger partial charge on any atom is 0.274 e. The number of nitrogens with one attached hydrogen (secondary N) is 1. The summed E-state index contributed by atoms with van der Waals surface area (Å²) in [6.45, 7) is 2.49. The molecule has 0 saturated carbocycles. The van der Waals surface area contributed by atoms with Gasteiger partial charge in [0.1, 0.15) is 5.82 Å². The Hall–Kier alpha value is -3.66. The van der Waals surface area contributed by atoms with Crippen molar-refractivity contribution >= 4 is 28.7 Å². The zero-order valence-electron chi connectivity index (χ0n) is 17.6. The van der Waals surface area contributed by atoms with Gasteiger partial charge in [-0.25, -0.2) is 4.98 Å². The van der Waals surface area contributed by atoms with Crippen LogP contribution in [-0.2, 0) is 19.4 Å². The summed E-state index contributed by atoms with van der Waals surface area (Å²) >= 11 is 1.63. The number of nitrogens with zero attached hydrogens (tertiary/aromatic N) is 6. The second-order valence-electron chi connectivity index (χ2n) is 7.39. The monoisotopic (exact) mass is 449 g/mol. The summed E-state index contributed by atoms with van der Waals surface area (Å²) in [6.07, 6.45) is 7.28. The van der Waals surface area contributed by atoms with Gasteiger partial charge in [-0.2, -0.15) is 16.6 Å². The van der Waals surface area contributed by atoms with Crippen LogP contribution in [0.3, 0.4) is 0 Å². The lowest BCUT2D eigenvalue weighted by Gasteiger charge is -2.12. The Kier molecular flexibility index (Phi) is 6.81. The van der Waals surface area contributed by atoms with Crippen LogP contribution in [0, 0.1) is 10.1 Å². The molecule has 4 aromatic rings. The number of tetrazole rings is 1. The topological polar surface area (TPSA) is 115 Å². The Labute approximate surface area is 189 Å². The predicted molar refractivity (Wildman–Crippen MR) is 123 cm³/mol. The lowest BCUT2D eigenvalue weighted by Crippen LogP contribution is -2.09. The molecule has 1 aromatic carbocycles. The van der Waals surface area contributed by atoms with Gasteiger partial charge in [-0.05, 0) is 40.1 Å². The third kappa shape index (κ3) is 4.97. The largest absolute Gasteiger partial charge is 0.324 e. The molecule has 0 amide bonds. The first-order valence-corrected chi connectivity index (χ1v) is 11.3. The number of aromatic amines is 1. The van der Waals surface area contributed by atoms with Crippen molar-refractivity contribution < 1.29 is 4.92 Å². The molecule has 3 aromatic heterocycles. The molecular weight excluding hydrogens is 426 g/mol. The van der Waals surface area contributed by atoms with E-state index in [1.807, 2.05) is 28.3 Å². The normalized spacial score (nSPS) is 11.7. The summed E-state index contributed by atoms with van der Waals surface area (Å²) in [5.74, 6) is 1.42. The van der Waals surface area contributed by atoms with Gasteiger partial charge in [-0.15, -0.1) is 10.2 Å². The fourth-order valence-electron chi connectivity index (χ4n) is 3.54. The average molecular weight is 450 g/mol. The molecule has 32 heavy (non-hydrogen) atoms. The molecule has 0 radical (unpaired) electrons. The van der Waals surface area contributed by atoms with Crippen molar-refractivity contribution in [1.29, 1.82) is 0 Å². The number of thiophene rings is 1. The highest BCUT2D eigenvalue weighted by Gasteiger charge is 2.17. The lowest BCUT2D eigenvalue weighted by atomic mass is 10.1. The molecule has 0 saturated heterocycles. The molecule has 0 unspecified atom stereocenters. The molecule has 0 bridgehead atoms. The van der Waals surface area contributed by atoms with E-state index >= 15 is 0 Å². The number of hydrogen-bond acceptors (Lipinski definition) is 7. The van der Waals surface area contributed by atoms with Crippen molar-refractivity contribution in [3.63, 3.8) is 0 Å². The Balaban J connectivity index is 1.76. The van der Waals surface area contributed by atoms with E-state index in [-0.39, 0.29) is 10.6 Å². The quantitative estimate of drug-likeness (QED) is 0.281. The first-order valence-electron chi connectivity index (χ1n) is 10.4. The van der Waals surface area contributed by atoms with Crippen molar-refractivity contribution in [1.82, 2.24) is 30.2 Å². The number of nitro benzene ring substituents is 1. The SMILES string of the molecule is CCCCc1ncc(/C=C(/Cc2ccsc2)c2nn[nH]n2)n1Cc1ccccc1[N+](=O)[O-]. The van der Waals surface area contributed by atoms with E-state index in [4.69, 9.17) is 0 Å². The molecule has 164 valence electrons. The number of unbranched alkanes of at least 4 members (excludes halogenated alkanes) is 1. The van der Waals surface area contributed by atoms with E-state index in [1.165, 1.54) is 6.07 Å². The number of aryl methyl sites for hydroxylation is 1. The average Bonchev–Trinajstić information content (AvgIpc) is 3.56. The highest BCUT2D eigenvalue weighted by molar-refractivity contribution is 7.07. The highest BCUT2D eigenvalue weighted by atomic mass is 32.1. The van der Waals surface area contributed by atoms with Gasteiger partial charge in [0.15, 0.2) is 0 Å². The lowest BCUT2D eigenvalue weighted by molar-refractivity contribution is -0.385. The second-order valence-corrected chi connectivity index (χ2v) is 8.17. The van der Waals surface area contributed by atoms with E-state index in [0.717, 1.165) is 41.9 Å². The van der Waals surface area contributed by atoms with Crippen molar-refractivity contribution in [2.75, 3.05) is 0 Å². The van der Waals surface area contributed by atoms with E-state index in [0.29, 0.717) is 24.4 Å². The van der Waals surface area contributed by atoms with Crippen LogP contribution in [0.4, 0.5) is 5.69 Å². The third-order valence-electron chi connectivity index (χ3n) is 5.17. The van der Waals surface area contributed by atoms with Crippen LogP contribution in [0.15, 0.2) is 47.3 Å². The van der Waals surface area contributed by atoms with Gasteiger partial charge in [0.2, 0.25) is 5.82 Å². The van der Waals surface area contributed by atoms with E-state index < -0.39 is 0 Å². The molecular formula is C22H23N7O2S. The van der Waals surface area contributed by atoms with Crippen LogP contribution in [0.5, 0.6) is 0 Å². The smallest absolute Gasteiger partial charge is 0.274 e. The maximum atomic E-state index is 11.5. The number of benzene rings is 1. The zero-order chi connectivity index (χ0) is 22.3. The van der Waals surface area contributed by atoms with E-state index in [1.54, 1.807) is 23.5 Å². The minimum absolute atomic E-state index is 0.106. The first-order chi connectivity index (χ1) is 15.7. The Morgan fingerprint density at radius 3 is 2.91 bits per heavy atom. The van der Waals surface area contributed by atoms with Gasteiger partial charge in [0.05, 0.1) is 23.4 Å². The number of nitro groups is 1. The molecule has 0 aliphatic heterocycles. The third-order valence-corrected chi connectivity index (χ3v) is 5.90. The summed E-state index contributed by atoms with van der Waals surface area (Å²) in [5.41, 5.74) is 3.64. The molecule has 0 fully saturated rings. The first kappa shape index (κ1) is 21.6. The summed E-state index contributed by atoms with van der Waals surface area (Å²) in [5, 5.41) is 30.2. The molecule has 4 rings (SSSR count). The second kappa shape index (κ2) is 10.1. The summed E-state index contributed by atoms with van der Waals surface area (Å²) in [7, 11) is 0. The van der Waals surface area contributed by atoms with Crippen molar-refractivity contribution in [3.8, 4) is 0 Å². The number of allylic oxidation sites excluding steroid dienone is 1. The minimum Gasteiger partial charge on any atom is -0.324 e. The van der Waals surface area contributed by atoms with Gasteiger partial charge in [0, 0.05) is 30.0 Å². The molecule has 0 spiro atoms. The summed E-state index contributed by atoms with van der Waals surface area (Å²) in [4.78, 5) is 15.8. The Bertz CT molecular complexity index is 1200. The van der Waals surface area contributed by atoms with Crippen molar-refractivity contribution in [3.05, 3.63) is 85.9 Å². The van der Waals surface area contributed by atoms with E-state index in [2.05, 4.69) is 44.0 Å². The van der Waals surface area contributed by atoms with E-state index in [9.17, 15) is 10.1 Å². The molecule has 10 heteroatoms. The fraction of sp³-hybridized carbons (Fsp3) is 0.273. The van der Waals surface area contributed by atoms with Crippen LogP contribution in [0.2, 0.25) is 0 Å². The molecule has 0 atom stereocenters. The van der Waals surface area contributed by atoms with Crippen LogP contribution < -0.4 is 0 Å². The molecule has 0 aliphatic carbocycles. The number of imidazole rings is 1. The number of aromatic nitrogens is 6. The van der Waals surface area contributed by atoms with Gasteiger partial charge in [-0.3, -0.25) is 10.1 Å². The molecule has 0 aliphatic rings. The van der Waals surface area contributed by atoms with Gasteiger partial charge >= 0.3 is 0 Å². The summed E-state index contributed by atoms with van der Waals surface area (Å²) < 4.78 is 2.05.